The molecule has 8 nitrogen and oxygen atoms in total. The van der Waals surface area contributed by atoms with Crippen LogP contribution in [0.2, 0.25) is 0 Å². The number of likely N-dealkylation sites (tertiary alicyclic amines) is 1. The van der Waals surface area contributed by atoms with E-state index in [0.717, 1.165) is 16.8 Å². The molecule has 39 heavy (non-hydrogen) atoms. The number of aromatic nitrogens is 2. The Kier molecular flexibility index (Phi) is 6.46. The smallest absolute Gasteiger partial charge is 0.253 e. The Balaban J connectivity index is 1.30. The number of nitrogens with one attached hydrogen (secondary N) is 1. The van der Waals surface area contributed by atoms with E-state index in [-0.39, 0.29) is 17.1 Å². The first kappa shape index (κ1) is 25.0. The van der Waals surface area contributed by atoms with Crippen molar-refractivity contribution in [2.24, 2.45) is 10.7 Å². The van der Waals surface area contributed by atoms with Crippen LogP contribution in [0.25, 0.3) is 11.1 Å². The summed E-state index contributed by atoms with van der Waals surface area (Å²) in [5.74, 6) is 0.295. The maximum Gasteiger partial charge on any atom is 0.253 e. The zero-order chi connectivity index (χ0) is 27.1. The van der Waals surface area contributed by atoms with Gasteiger partial charge in [-0.15, -0.1) is 0 Å². The SMILES string of the molecule is COc1cccc(F)c1C1=CC(Cl)=NC=C2C1=CCc1cnc(Nc3ccc(C(=O)N4CC(N)C4)cc3)nc12. The van der Waals surface area contributed by atoms with Crippen LogP contribution in [0.15, 0.2) is 77.6 Å². The number of benzene rings is 2. The van der Waals surface area contributed by atoms with Crippen molar-refractivity contribution in [1.82, 2.24) is 14.9 Å². The first-order valence-corrected chi connectivity index (χ1v) is 12.8. The topological polar surface area (TPSA) is 106 Å². The lowest BCUT2D eigenvalue weighted by atomic mass is 9.84. The highest BCUT2D eigenvalue weighted by atomic mass is 35.5. The van der Waals surface area contributed by atoms with Gasteiger partial charge in [0.05, 0.1) is 18.4 Å². The lowest BCUT2D eigenvalue weighted by Crippen LogP contribution is -2.57. The molecule has 10 heteroatoms. The van der Waals surface area contributed by atoms with Gasteiger partial charge < -0.3 is 20.7 Å². The molecular weight excluding hydrogens is 519 g/mol. The molecule has 0 spiro atoms. The third kappa shape index (κ3) is 4.71. The monoisotopic (exact) mass is 542 g/mol. The van der Waals surface area contributed by atoms with Crippen molar-refractivity contribution in [2.45, 2.75) is 12.5 Å². The Labute approximate surface area is 229 Å². The molecule has 2 aromatic carbocycles. The molecule has 0 saturated carbocycles. The van der Waals surface area contributed by atoms with Gasteiger partial charge in [-0.2, -0.15) is 0 Å². The fraction of sp³-hybridized carbons (Fsp3) is 0.172. The Morgan fingerprint density at radius 2 is 1.95 bits per heavy atom. The largest absolute Gasteiger partial charge is 0.496 e. The summed E-state index contributed by atoms with van der Waals surface area (Å²) in [6.07, 6.45) is 7.58. The molecule has 1 saturated heterocycles. The lowest BCUT2D eigenvalue weighted by Gasteiger charge is -2.36. The maximum atomic E-state index is 15.1. The molecule has 196 valence electrons. The Morgan fingerprint density at radius 1 is 1.15 bits per heavy atom. The van der Waals surface area contributed by atoms with Crippen LogP contribution in [0.3, 0.4) is 0 Å². The highest BCUT2D eigenvalue weighted by Crippen LogP contribution is 2.43. The van der Waals surface area contributed by atoms with Crippen LogP contribution in [0, 0.1) is 5.82 Å². The van der Waals surface area contributed by atoms with Gasteiger partial charge in [-0.05, 0) is 60.0 Å². The molecule has 3 aliphatic rings. The fourth-order valence-electron chi connectivity index (χ4n) is 4.87. The van der Waals surface area contributed by atoms with Crippen molar-refractivity contribution in [3.8, 4) is 5.75 Å². The van der Waals surface area contributed by atoms with Crippen LogP contribution in [0.1, 0.15) is 27.2 Å². The number of methoxy groups -OCH3 is 1. The minimum atomic E-state index is -0.429. The standard InChI is InChI=1S/C29H24ClFN6O2/c1-39-24-4-2-3-23(31)26(24)21-11-25(30)33-13-22-20(21)10-7-17-12-34-29(36-27(17)22)35-19-8-5-16(6-9-19)28(38)37-14-18(32)15-37/h2-6,8-13,18H,7,14-15,32H2,1H3,(H,34,35,36). The number of fused-ring (bicyclic) bond motifs is 3. The van der Waals surface area contributed by atoms with Crippen molar-refractivity contribution in [2.75, 3.05) is 25.5 Å². The van der Waals surface area contributed by atoms with Crippen molar-refractivity contribution in [3.05, 3.63) is 101 Å². The van der Waals surface area contributed by atoms with E-state index in [1.54, 1.807) is 59.8 Å². The number of nitrogens with two attached hydrogens (primary N) is 1. The Bertz CT molecular complexity index is 1610. The highest BCUT2D eigenvalue weighted by Gasteiger charge is 2.29. The van der Waals surface area contributed by atoms with E-state index in [1.165, 1.54) is 13.2 Å². The normalized spacial score (nSPS) is 16.5. The summed E-state index contributed by atoms with van der Waals surface area (Å²) < 4.78 is 20.6. The number of carbonyl (C=O) groups excluding carboxylic acids is 1. The van der Waals surface area contributed by atoms with Gasteiger partial charge in [-0.3, -0.25) is 4.79 Å². The average Bonchev–Trinajstić information content (AvgIpc) is 3.09. The molecule has 3 heterocycles. The molecule has 6 rings (SSSR count). The van der Waals surface area contributed by atoms with Gasteiger partial charge in [-0.25, -0.2) is 19.4 Å². The highest BCUT2D eigenvalue weighted by molar-refractivity contribution is 6.69. The number of aliphatic imine (C=N–C) groups is 1. The predicted molar refractivity (Wildman–Crippen MR) is 150 cm³/mol. The summed E-state index contributed by atoms with van der Waals surface area (Å²) in [6.45, 7) is 1.15. The van der Waals surface area contributed by atoms with Gasteiger partial charge >= 0.3 is 0 Å². The third-order valence-corrected chi connectivity index (χ3v) is 7.06. The molecule has 1 aromatic heterocycles. The predicted octanol–water partition coefficient (Wildman–Crippen LogP) is 4.71. The van der Waals surface area contributed by atoms with E-state index in [4.69, 9.17) is 27.1 Å². The van der Waals surface area contributed by atoms with Crippen LogP contribution in [-0.4, -0.2) is 52.2 Å². The number of carbonyl (C=O) groups is 1. The lowest BCUT2D eigenvalue weighted by molar-refractivity contribution is 0.0608. The van der Waals surface area contributed by atoms with Gasteiger partial charge in [0.2, 0.25) is 5.95 Å². The quantitative estimate of drug-likeness (QED) is 0.484. The summed E-state index contributed by atoms with van der Waals surface area (Å²) in [4.78, 5) is 27.9. The molecule has 0 unspecified atom stereocenters. The number of hydrogen-bond donors (Lipinski definition) is 2. The molecule has 1 aliphatic carbocycles. The zero-order valence-corrected chi connectivity index (χ0v) is 21.7. The maximum absolute atomic E-state index is 15.1. The van der Waals surface area contributed by atoms with Gasteiger partial charge in [0.15, 0.2) is 0 Å². The van der Waals surface area contributed by atoms with Crippen molar-refractivity contribution in [1.29, 1.82) is 0 Å². The molecule has 1 amide bonds. The van der Waals surface area contributed by atoms with Crippen LogP contribution in [-0.2, 0) is 6.42 Å². The fourth-order valence-corrected chi connectivity index (χ4v) is 5.03. The van der Waals surface area contributed by atoms with E-state index < -0.39 is 5.82 Å². The van der Waals surface area contributed by atoms with Gasteiger partial charge in [0.25, 0.3) is 5.91 Å². The molecule has 1 fully saturated rings. The Hall–Kier alpha value is -4.34. The van der Waals surface area contributed by atoms with Gasteiger partial charge in [-0.1, -0.05) is 23.7 Å². The number of halogens is 2. The second kappa shape index (κ2) is 10.1. The minimum absolute atomic E-state index is 0.0394. The number of ether oxygens (including phenoxy) is 1. The summed E-state index contributed by atoms with van der Waals surface area (Å²) in [5, 5.41) is 3.41. The molecule has 0 atom stereocenters. The van der Waals surface area contributed by atoms with E-state index >= 15 is 4.39 Å². The number of nitrogens with zero attached hydrogens (tertiary/aromatic N) is 4. The van der Waals surface area contributed by atoms with Gasteiger partial charge in [0, 0.05) is 53.9 Å². The number of rotatable bonds is 5. The van der Waals surface area contributed by atoms with E-state index in [0.29, 0.717) is 59.2 Å². The van der Waals surface area contributed by atoms with E-state index in [1.807, 2.05) is 6.08 Å². The molecule has 0 bridgehead atoms. The van der Waals surface area contributed by atoms with Crippen LogP contribution in [0.4, 0.5) is 16.0 Å². The third-order valence-electron chi connectivity index (χ3n) is 6.86. The van der Waals surface area contributed by atoms with Crippen LogP contribution >= 0.6 is 11.6 Å². The van der Waals surface area contributed by atoms with E-state index in [2.05, 4.69) is 15.3 Å². The molecule has 2 aliphatic heterocycles. The van der Waals surface area contributed by atoms with Crippen molar-refractivity contribution < 1.29 is 13.9 Å². The van der Waals surface area contributed by atoms with Crippen LogP contribution in [0.5, 0.6) is 5.75 Å². The van der Waals surface area contributed by atoms with Crippen molar-refractivity contribution in [3.63, 3.8) is 0 Å². The first-order valence-electron chi connectivity index (χ1n) is 12.4. The minimum Gasteiger partial charge on any atom is -0.496 e. The molecule has 3 N–H and O–H groups in total. The summed E-state index contributed by atoms with van der Waals surface area (Å²) >= 11 is 6.38. The zero-order valence-electron chi connectivity index (χ0n) is 21.0. The van der Waals surface area contributed by atoms with Crippen LogP contribution < -0.4 is 15.8 Å². The summed E-state index contributed by atoms with van der Waals surface area (Å²) in [5.41, 5.74) is 11.0. The molecule has 0 radical (unpaired) electrons. The molecular formula is C29H24ClFN6O2. The van der Waals surface area contributed by atoms with Gasteiger partial charge in [0.1, 0.15) is 16.7 Å². The number of anilines is 2. The summed E-state index contributed by atoms with van der Waals surface area (Å²) in [7, 11) is 1.50. The second-order valence-electron chi connectivity index (χ2n) is 9.43. The Morgan fingerprint density at radius 3 is 2.69 bits per heavy atom. The average molecular weight is 543 g/mol. The molecule has 3 aromatic rings. The van der Waals surface area contributed by atoms with E-state index in [9.17, 15) is 4.79 Å². The first-order chi connectivity index (χ1) is 18.9. The number of allylic oxidation sites excluding steroid dienone is 5. The van der Waals surface area contributed by atoms with Crippen molar-refractivity contribution >= 4 is 45.5 Å². The number of amides is 1. The second-order valence-corrected chi connectivity index (χ2v) is 9.82. The number of hydrogen-bond acceptors (Lipinski definition) is 7. The summed E-state index contributed by atoms with van der Waals surface area (Å²) in [6, 6.07) is 11.9.